The highest BCUT2D eigenvalue weighted by molar-refractivity contribution is 7.99. The van der Waals surface area contributed by atoms with E-state index in [4.69, 9.17) is 10.8 Å². The number of aromatic nitrogens is 1. The summed E-state index contributed by atoms with van der Waals surface area (Å²) in [6.07, 6.45) is 0. The standard InChI is InChI=1S/C13H12N2O3S2/c14-11(16)7-19-5-8-3-1-2-4-9(8)12-15-10(6-20-12)13(17)18/h1-4,6H,5,7H2,(H2,14,16)(H,17,18). The maximum absolute atomic E-state index is 10.9. The van der Waals surface area contributed by atoms with Crippen LogP contribution in [0.1, 0.15) is 16.1 Å². The quantitative estimate of drug-likeness (QED) is 0.853. The number of thioether (sulfide) groups is 1. The molecule has 2 rings (SSSR count). The molecule has 20 heavy (non-hydrogen) atoms. The molecule has 3 N–H and O–H groups in total. The highest BCUT2D eigenvalue weighted by Gasteiger charge is 2.12. The first-order valence-electron chi connectivity index (χ1n) is 5.71. The molecule has 0 fully saturated rings. The Labute approximate surface area is 123 Å². The fraction of sp³-hybridized carbons (Fsp3) is 0.154. The number of rotatable bonds is 6. The molecule has 5 nitrogen and oxygen atoms in total. The van der Waals surface area contributed by atoms with Gasteiger partial charge in [0.1, 0.15) is 5.01 Å². The van der Waals surface area contributed by atoms with Crippen molar-refractivity contribution in [2.45, 2.75) is 5.75 Å². The van der Waals surface area contributed by atoms with Crippen molar-refractivity contribution >= 4 is 35.0 Å². The molecular weight excluding hydrogens is 296 g/mol. The van der Waals surface area contributed by atoms with Gasteiger partial charge in [0.15, 0.2) is 5.69 Å². The monoisotopic (exact) mass is 308 g/mol. The summed E-state index contributed by atoms with van der Waals surface area (Å²) in [5, 5.41) is 11.1. The predicted molar refractivity (Wildman–Crippen MR) is 79.9 cm³/mol. The van der Waals surface area contributed by atoms with Crippen LogP contribution in [-0.2, 0) is 10.5 Å². The molecule has 0 unspecified atom stereocenters. The van der Waals surface area contributed by atoms with Gasteiger partial charge in [-0.1, -0.05) is 24.3 Å². The van der Waals surface area contributed by atoms with Crippen LogP contribution >= 0.6 is 23.1 Å². The smallest absolute Gasteiger partial charge is 0.355 e. The Bertz CT molecular complexity index is 640. The summed E-state index contributed by atoms with van der Waals surface area (Å²) in [6.45, 7) is 0. The van der Waals surface area contributed by atoms with Crippen molar-refractivity contribution in [1.82, 2.24) is 4.98 Å². The number of carboxylic acid groups (broad SMARTS) is 1. The molecule has 2 aromatic rings. The first kappa shape index (κ1) is 14.5. The number of nitrogens with zero attached hydrogens (tertiary/aromatic N) is 1. The number of nitrogens with two attached hydrogens (primary N) is 1. The predicted octanol–water partition coefficient (Wildman–Crippen LogP) is 2.23. The van der Waals surface area contributed by atoms with E-state index in [1.54, 1.807) is 0 Å². The van der Waals surface area contributed by atoms with Crippen LogP contribution in [0.2, 0.25) is 0 Å². The van der Waals surface area contributed by atoms with E-state index >= 15 is 0 Å². The molecule has 1 aromatic heterocycles. The third-order valence-electron chi connectivity index (χ3n) is 2.47. The number of primary amides is 1. The first-order valence-corrected chi connectivity index (χ1v) is 7.74. The molecule has 0 aliphatic carbocycles. The number of carboxylic acids is 1. The van der Waals surface area contributed by atoms with E-state index in [1.807, 2.05) is 24.3 Å². The van der Waals surface area contributed by atoms with E-state index < -0.39 is 5.97 Å². The summed E-state index contributed by atoms with van der Waals surface area (Å²) in [4.78, 5) is 25.7. The minimum absolute atomic E-state index is 0.0459. The molecule has 1 amide bonds. The van der Waals surface area contributed by atoms with Gasteiger partial charge >= 0.3 is 5.97 Å². The lowest BCUT2D eigenvalue weighted by molar-refractivity contribution is -0.115. The van der Waals surface area contributed by atoms with Crippen molar-refractivity contribution in [3.05, 3.63) is 40.9 Å². The normalized spacial score (nSPS) is 10.4. The van der Waals surface area contributed by atoms with E-state index in [1.165, 1.54) is 28.5 Å². The highest BCUT2D eigenvalue weighted by Crippen LogP contribution is 2.29. The third-order valence-corrected chi connectivity index (χ3v) is 4.35. The Morgan fingerprint density at radius 2 is 2.10 bits per heavy atom. The number of benzene rings is 1. The van der Waals surface area contributed by atoms with Crippen molar-refractivity contribution in [2.75, 3.05) is 5.75 Å². The number of carbonyl (C=O) groups excluding carboxylic acids is 1. The molecule has 0 atom stereocenters. The molecule has 7 heteroatoms. The van der Waals surface area contributed by atoms with Gasteiger partial charge in [-0.2, -0.15) is 0 Å². The summed E-state index contributed by atoms with van der Waals surface area (Å²) in [5.41, 5.74) is 7.05. The van der Waals surface area contributed by atoms with Gasteiger partial charge in [-0.15, -0.1) is 23.1 Å². The van der Waals surface area contributed by atoms with Crippen molar-refractivity contribution in [2.24, 2.45) is 5.73 Å². The molecule has 0 bridgehead atoms. The molecular formula is C13H12N2O3S2. The Kier molecular flexibility index (Phi) is 4.75. The van der Waals surface area contributed by atoms with Gasteiger partial charge in [0.2, 0.25) is 5.91 Å². The minimum atomic E-state index is -1.03. The van der Waals surface area contributed by atoms with Gasteiger partial charge in [-0.3, -0.25) is 4.79 Å². The average molecular weight is 308 g/mol. The zero-order valence-corrected chi connectivity index (χ0v) is 12.0. The topological polar surface area (TPSA) is 93.3 Å². The summed E-state index contributed by atoms with van der Waals surface area (Å²) in [7, 11) is 0. The van der Waals surface area contributed by atoms with Crippen LogP contribution < -0.4 is 5.73 Å². The molecule has 1 aromatic carbocycles. The Hall–Kier alpha value is -1.86. The number of hydrogen-bond acceptors (Lipinski definition) is 5. The lowest BCUT2D eigenvalue weighted by atomic mass is 10.1. The van der Waals surface area contributed by atoms with E-state index in [2.05, 4.69) is 4.98 Å². The number of thiazole rings is 1. The molecule has 0 aliphatic rings. The molecule has 0 radical (unpaired) electrons. The van der Waals surface area contributed by atoms with Crippen LogP contribution in [-0.4, -0.2) is 27.7 Å². The van der Waals surface area contributed by atoms with Gasteiger partial charge in [0.05, 0.1) is 5.75 Å². The van der Waals surface area contributed by atoms with E-state index in [-0.39, 0.29) is 17.4 Å². The van der Waals surface area contributed by atoms with E-state index in [0.717, 1.165) is 11.1 Å². The fourth-order valence-corrected chi connectivity index (χ4v) is 3.24. The van der Waals surface area contributed by atoms with Gasteiger partial charge in [0, 0.05) is 16.7 Å². The van der Waals surface area contributed by atoms with Crippen LogP contribution in [0.4, 0.5) is 0 Å². The lowest BCUT2D eigenvalue weighted by Crippen LogP contribution is -2.13. The largest absolute Gasteiger partial charge is 0.476 e. The minimum Gasteiger partial charge on any atom is -0.476 e. The molecule has 0 spiro atoms. The lowest BCUT2D eigenvalue weighted by Gasteiger charge is -2.06. The number of hydrogen-bond donors (Lipinski definition) is 2. The second-order valence-corrected chi connectivity index (χ2v) is 5.80. The van der Waals surface area contributed by atoms with Crippen molar-refractivity contribution in [1.29, 1.82) is 0 Å². The molecule has 0 saturated heterocycles. The zero-order chi connectivity index (χ0) is 14.5. The van der Waals surface area contributed by atoms with Crippen molar-refractivity contribution in [3.63, 3.8) is 0 Å². The van der Waals surface area contributed by atoms with Crippen LogP contribution in [0.25, 0.3) is 10.6 Å². The zero-order valence-electron chi connectivity index (χ0n) is 10.4. The molecule has 0 aliphatic heterocycles. The SMILES string of the molecule is NC(=O)CSCc1ccccc1-c1nc(C(=O)O)cs1. The summed E-state index contributed by atoms with van der Waals surface area (Å²) in [6, 6.07) is 7.60. The highest BCUT2D eigenvalue weighted by atomic mass is 32.2. The third kappa shape index (κ3) is 3.58. The fourth-order valence-electron chi connectivity index (χ4n) is 1.61. The number of aromatic carboxylic acids is 1. The maximum Gasteiger partial charge on any atom is 0.355 e. The van der Waals surface area contributed by atoms with Gasteiger partial charge in [-0.25, -0.2) is 9.78 Å². The average Bonchev–Trinajstić information content (AvgIpc) is 2.88. The second-order valence-electron chi connectivity index (χ2n) is 3.96. The molecule has 0 saturated carbocycles. The van der Waals surface area contributed by atoms with Crippen molar-refractivity contribution in [3.8, 4) is 10.6 Å². The van der Waals surface area contributed by atoms with Gasteiger partial charge in [-0.05, 0) is 5.56 Å². The number of carbonyl (C=O) groups is 2. The summed E-state index contributed by atoms with van der Waals surface area (Å²) < 4.78 is 0. The second kappa shape index (κ2) is 6.53. The molecule has 104 valence electrons. The van der Waals surface area contributed by atoms with Crippen LogP contribution in [0.3, 0.4) is 0 Å². The molecule has 1 heterocycles. The van der Waals surface area contributed by atoms with E-state index in [9.17, 15) is 9.59 Å². The van der Waals surface area contributed by atoms with Crippen molar-refractivity contribution < 1.29 is 14.7 Å². The Morgan fingerprint density at radius 1 is 1.35 bits per heavy atom. The van der Waals surface area contributed by atoms with Crippen LogP contribution in [0.15, 0.2) is 29.6 Å². The van der Waals surface area contributed by atoms with Crippen LogP contribution in [0.5, 0.6) is 0 Å². The maximum atomic E-state index is 10.9. The number of amides is 1. The van der Waals surface area contributed by atoms with Gasteiger partial charge < -0.3 is 10.8 Å². The Morgan fingerprint density at radius 3 is 2.75 bits per heavy atom. The van der Waals surface area contributed by atoms with Crippen LogP contribution in [0, 0.1) is 0 Å². The van der Waals surface area contributed by atoms with Gasteiger partial charge in [0.25, 0.3) is 0 Å². The Balaban J connectivity index is 2.22. The summed E-state index contributed by atoms with van der Waals surface area (Å²) in [5.74, 6) is -0.504. The summed E-state index contributed by atoms with van der Waals surface area (Å²) >= 11 is 2.71. The van der Waals surface area contributed by atoms with E-state index in [0.29, 0.717) is 10.8 Å². The first-order chi connectivity index (χ1) is 9.58.